The molecule has 0 aromatic carbocycles. The number of carbonyl (C=O) groups excluding carboxylic acids is 1. The Kier molecular flexibility index (Phi) is 6.54. The lowest BCUT2D eigenvalue weighted by atomic mass is 10.1. The second-order valence-corrected chi connectivity index (χ2v) is 5.55. The summed E-state index contributed by atoms with van der Waals surface area (Å²) in [5.41, 5.74) is 0. The van der Waals surface area contributed by atoms with Gasteiger partial charge in [-0.1, -0.05) is 0 Å². The summed E-state index contributed by atoms with van der Waals surface area (Å²) in [4.78, 5) is 26.8. The highest BCUT2D eigenvalue weighted by atomic mass is 16.5. The smallest absolute Gasteiger partial charge is 0.329 e. The molecule has 1 aliphatic heterocycles. The minimum Gasteiger partial charge on any atom is -0.480 e. The molecule has 2 rings (SSSR count). The first-order valence-electron chi connectivity index (χ1n) is 7.74. The van der Waals surface area contributed by atoms with Gasteiger partial charge in [0, 0.05) is 32.0 Å². The molecule has 2 N–H and O–H groups in total. The Hall–Kier alpha value is -1.93. The van der Waals surface area contributed by atoms with Gasteiger partial charge in [0.2, 0.25) is 5.91 Å². The van der Waals surface area contributed by atoms with Crippen LogP contribution in [0.5, 0.6) is 0 Å². The van der Waals surface area contributed by atoms with Crippen molar-refractivity contribution in [1.29, 1.82) is 0 Å². The Morgan fingerprint density at radius 1 is 1.57 bits per heavy atom. The molecule has 0 saturated carbocycles. The zero-order chi connectivity index (χ0) is 16.7. The van der Waals surface area contributed by atoms with Crippen molar-refractivity contribution in [3.05, 3.63) is 18.2 Å². The van der Waals surface area contributed by atoms with Crippen molar-refractivity contribution in [3.8, 4) is 0 Å². The number of aromatic nitrogens is 2. The number of carbonyl (C=O) groups is 2. The van der Waals surface area contributed by atoms with Crippen LogP contribution in [0.4, 0.5) is 0 Å². The number of hydrogen-bond acceptors (Lipinski definition) is 5. The molecule has 1 fully saturated rings. The lowest BCUT2D eigenvalue weighted by molar-refractivity contribution is -0.149. The number of hydrogen-bond donors (Lipinski definition) is 2. The van der Waals surface area contributed by atoms with Crippen LogP contribution >= 0.6 is 0 Å². The van der Waals surface area contributed by atoms with Gasteiger partial charge in [0.1, 0.15) is 18.5 Å². The quantitative estimate of drug-likeness (QED) is 0.715. The van der Waals surface area contributed by atoms with Crippen LogP contribution in [0.1, 0.15) is 25.1 Å². The molecule has 8 heteroatoms. The predicted molar refractivity (Wildman–Crippen MR) is 80.9 cm³/mol. The van der Waals surface area contributed by atoms with Crippen molar-refractivity contribution in [2.24, 2.45) is 0 Å². The minimum atomic E-state index is -1.03. The SMILES string of the molecule is Cc1nccn1CCCC(=O)N[C@@H]1CCOC[C@H]1OCC(=O)O. The number of carboxylic acids is 1. The van der Waals surface area contributed by atoms with Crippen LogP contribution in [0.3, 0.4) is 0 Å². The van der Waals surface area contributed by atoms with E-state index in [0.717, 1.165) is 12.4 Å². The van der Waals surface area contributed by atoms with E-state index < -0.39 is 12.1 Å². The summed E-state index contributed by atoms with van der Waals surface area (Å²) in [6.45, 7) is 3.11. The summed E-state index contributed by atoms with van der Waals surface area (Å²) in [5.74, 6) is -0.160. The fourth-order valence-electron chi connectivity index (χ4n) is 2.55. The van der Waals surface area contributed by atoms with E-state index in [0.29, 0.717) is 32.5 Å². The highest BCUT2D eigenvalue weighted by Gasteiger charge is 2.28. The lowest BCUT2D eigenvalue weighted by Gasteiger charge is -2.31. The minimum absolute atomic E-state index is 0.0569. The molecule has 0 radical (unpaired) electrons. The maximum Gasteiger partial charge on any atom is 0.329 e. The first kappa shape index (κ1) is 17.4. The van der Waals surface area contributed by atoms with Gasteiger partial charge in [0.05, 0.1) is 12.6 Å². The molecule has 1 saturated heterocycles. The average molecular weight is 325 g/mol. The molecule has 23 heavy (non-hydrogen) atoms. The Balaban J connectivity index is 1.73. The number of nitrogens with one attached hydrogen (secondary N) is 1. The van der Waals surface area contributed by atoms with E-state index in [1.165, 1.54) is 0 Å². The molecular formula is C15H23N3O5. The average Bonchev–Trinajstić information content (AvgIpc) is 2.92. The van der Waals surface area contributed by atoms with Crippen LogP contribution in [0.25, 0.3) is 0 Å². The molecule has 1 amide bonds. The maximum absolute atomic E-state index is 12.1. The number of aryl methyl sites for hydroxylation is 2. The van der Waals surface area contributed by atoms with Crippen LogP contribution in [0, 0.1) is 6.92 Å². The summed E-state index contributed by atoms with van der Waals surface area (Å²) in [6.07, 6.45) is 4.95. The van der Waals surface area contributed by atoms with E-state index >= 15 is 0 Å². The van der Waals surface area contributed by atoms with Crippen molar-refractivity contribution < 1.29 is 24.2 Å². The highest BCUT2D eigenvalue weighted by molar-refractivity contribution is 5.76. The number of nitrogens with zero attached hydrogens (tertiary/aromatic N) is 2. The van der Waals surface area contributed by atoms with E-state index in [9.17, 15) is 9.59 Å². The van der Waals surface area contributed by atoms with Crippen molar-refractivity contribution in [1.82, 2.24) is 14.9 Å². The van der Waals surface area contributed by atoms with E-state index in [4.69, 9.17) is 14.6 Å². The number of carboxylic acid groups (broad SMARTS) is 1. The third-order valence-electron chi connectivity index (χ3n) is 3.80. The molecule has 1 aromatic heterocycles. The van der Waals surface area contributed by atoms with Crippen molar-refractivity contribution in [2.75, 3.05) is 19.8 Å². The molecule has 1 aliphatic rings. The maximum atomic E-state index is 12.1. The topological polar surface area (TPSA) is 103 Å². The summed E-state index contributed by atoms with van der Waals surface area (Å²) < 4.78 is 12.6. The fourth-order valence-corrected chi connectivity index (χ4v) is 2.55. The van der Waals surface area contributed by atoms with Crippen LogP contribution in [-0.4, -0.2) is 58.5 Å². The van der Waals surface area contributed by atoms with Gasteiger partial charge >= 0.3 is 5.97 Å². The van der Waals surface area contributed by atoms with E-state index in [1.54, 1.807) is 6.20 Å². The zero-order valence-electron chi connectivity index (χ0n) is 13.2. The van der Waals surface area contributed by atoms with Crippen molar-refractivity contribution in [3.63, 3.8) is 0 Å². The molecule has 1 aromatic rings. The standard InChI is InChI=1S/C15H23N3O5/c1-11-16-5-7-18(11)6-2-3-14(19)17-12-4-8-22-9-13(12)23-10-15(20)21/h5,7,12-13H,2-4,6,8-10H2,1H3,(H,17,19)(H,20,21)/t12-,13-/m1/s1. The monoisotopic (exact) mass is 325 g/mol. The highest BCUT2D eigenvalue weighted by Crippen LogP contribution is 2.12. The van der Waals surface area contributed by atoms with E-state index in [2.05, 4.69) is 10.3 Å². The second kappa shape index (κ2) is 8.64. The Morgan fingerprint density at radius 2 is 2.39 bits per heavy atom. The summed E-state index contributed by atoms with van der Waals surface area (Å²) in [6, 6.07) is -0.203. The lowest BCUT2D eigenvalue weighted by Crippen LogP contribution is -2.50. The van der Waals surface area contributed by atoms with E-state index in [-0.39, 0.29) is 18.6 Å². The van der Waals surface area contributed by atoms with E-state index in [1.807, 2.05) is 17.7 Å². The number of amides is 1. The third-order valence-corrected chi connectivity index (χ3v) is 3.80. The largest absolute Gasteiger partial charge is 0.480 e. The molecule has 2 atom stereocenters. The molecule has 128 valence electrons. The normalized spacial score (nSPS) is 21.1. The van der Waals surface area contributed by atoms with Crippen molar-refractivity contribution in [2.45, 2.75) is 44.9 Å². The number of imidazole rings is 1. The van der Waals surface area contributed by atoms with Crippen LogP contribution in [-0.2, 0) is 25.6 Å². The predicted octanol–water partition coefficient (Wildman–Crippen LogP) is 0.347. The number of ether oxygens (including phenoxy) is 2. The summed E-state index contributed by atoms with van der Waals surface area (Å²) in [7, 11) is 0. The third kappa shape index (κ3) is 5.65. The summed E-state index contributed by atoms with van der Waals surface area (Å²) >= 11 is 0. The number of rotatable bonds is 8. The Morgan fingerprint density at radius 3 is 3.09 bits per heavy atom. The van der Waals surface area contributed by atoms with Gasteiger partial charge < -0.3 is 24.5 Å². The molecular weight excluding hydrogens is 302 g/mol. The fraction of sp³-hybridized carbons (Fsp3) is 0.667. The van der Waals surface area contributed by atoms with Crippen LogP contribution in [0.15, 0.2) is 12.4 Å². The van der Waals surface area contributed by atoms with Crippen LogP contribution in [0.2, 0.25) is 0 Å². The van der Waals surface area contributed by atoms with Gasteiger partial charge in [-0.2, -0.15) is 0 Å². The van der Waals surface area contributed by atoms with Gasteiger partial charge in [-0.05, 0) is 19.8 Å². The Labute approximate surface area is 134 Å². The molecule has 0 bridgehead atoms. The number of aliphatic carboxylic acids is 1. The summed E-state index contributed by atoms with van der Waals surface area (Å²) in [5, 5.41) is 11.6. The van der Waals surface area contributed by atoms with Gasteiger partial charge in [-0.25, -0.2) is 9.78 Å². The molecule has 0 spiro atoms. The van der Waals surface area contributed by atoms with Gasteiger partial charge in [0.25, 0.3) is 0 Å². The van der Waals surface area contributed by atoms with Crippen LogP contribution < -0.4 is 5.32 Å². The molecule has 0 aliphatic carbocycles. The van der Waals surface area contributed by atoms with Crippen molar-refractivity contribution >= 4 is 11.9 Å². The zero-order valence-corrected chi connectivity index (χ0v) is 13.2. The first-order chi connectivity index (χ1) is 11.1. The molecule has 2 heterocycles. The van der Waals surface area contributed by atoms with Gasteiger partial charge in [-0.3, -0.25) is 4.79 Å². The first-order valence-corrected chi connectivity index (χ1v) is 7.74. The molecule has 0 unspecified atom stereocenters. The second-order valence-electron chi connectivity index (χ2n) is 5.55. The van der Waals surface area contributed by atoms with Gasteiger partial charge in [0.15, 0.2) is 0 Å². The molecule has 8 nitrogen and oxygen atoms in total. The Bertz CT molecular complexity index is 531. The van der Waals surface area contributed by atoms with Gasteiger partial charge in [-0.15, -0.1) is 0 Å².